The van der Waals surface area contributed by atoms with Crippen LogP contribution in [0.4, 0.5) is 0 Å². The Kier molecular flexibility index (Phi) is 8.61. The third-order valence-electron chi connectivity index (χ3n) is 5.74. The van der Waals surface area contributed by atoms with Gasteiger partial charge in [0.15, 0.2) is 16.3 Å². The Balaban J connectivity index is 1.91. The highest BCUT2D eigenvalue weighted by Gasteiger charge is 2.33. The van der Waals surface area contributed by atoms with Crippen molar-refractivity contribution in [1.82, 2.24) is 4.57 Å². The van der Waals surface area contributed by atoms with E-state index in [2.05, 4.69) is 4.99 Å². The number of halogens is 1. The van der Waals surface area contributed by atoms with Crippen LogP contribution < -0.4 is 24.4 Å². The van der Waals surface area contributed by atoms with Crippen molar-refractivity contribution in [3.8, 4) is 17.2 Å². The van der Waals surface area contributed by atoms with Gasteiger partial charge in [-0.1, -0.05) is 23.5 Å². The monoisotopic (exact) mass is 648 g/mol. The molecule has 0 fully saturated rings. The zero-order chi connectivity index (χ0) is 27.6. The SMILES string of the molecule is CCOc1ccc([C@@H]2C(C(=O)OC(C)C)=C(C)N=c3s/c(=C/c4cc(I)c(O)c(OCC)c4)c(=O)n32)cc1. The lowest BCUT2D eigenvalue weighted by Crippen LogP contribution is -2.40. The van der Waals surface area contributed by atoms with Gasteiger partial charge in [0.25, 0.3) is 5.56 Å². The van der Waals surface area contributed by atoms with E-state index in [0.717, 1.165) is 5.56 Å². The first-order valence-electron chi connectivity index (χ1n) is 12.3. The molecule has 1 aromatic heterocycles. The molecule has 0 saturated heterocycles. The van der Waals surface area contributed by atoms with E-state index < -0.39 is 12.0 Å². The Morgan fingerprint density at radius 3 is 2.50 bits per heavy atom. The molecule has 2 heterocycles. The van der Waals surface area contributed by atoms with Crippen molar-refractivity contribution >= 4 is 46.0 Å². The van der Waals surface area contributed by atoms with E-state index >= 15 is 0 Å². The lowest BCUT2D eigenvalue weighted by molar-refractivity contribution is -0.143. The van der Waals surface area contributed by atoms with Crippen LogP contribution in [-0.2, 0) is 9.53 Å². The molecule has 0 spiro atoms. The largest absolute Gasteiger partial charge is 0.504 e. The molecule has 0 bridgehead atoms. The van der Waals surface area contributed by atoms with Crippen LogP contribution in [0.5, 0.6) is 17.2 Å². The van der Waals surface area contributed by atoms with E-state index in [0.29, 0.717) is 54.5 Å². The van der Waals surface area contributed by atoms with Crippen molar-refractivity contribution in [2.75, 3.05) is 13.2 Å². The number of carbonyl (C=O) groups excluding carboxylic acids is 1. The Morgan fingerprint density at radius 1 is 1.18 bits per heavy atom. The van der Waals surface area contributed by atoms with Gasteiger partial charge in [-0.3, -0.25) is 9.36 Å². The number of hydrogen-bond donors (Lipinski definition) is 1. The Bertz CT molecular complexity index is 1570. The fraction of sp³-hybridized carbons (Fsp3) is 0.321. The molecule has 200 valence electrons. The molecule has 8 nitrogen and oxygen atoms in total. The van der Waals surface area contributed by atoms with E-state index in [1.807, 2.05) is 60.7 Å². The lowest BCUT2D eigenvalue weighted by atomic mass is 9.96. The summed E-state index contributed by atoms with van der Waals surface area (Å²) in [6, 6.07) is 10.1. The molecule has 1 aliphatic rings. The van der Waals surface area contributed by atoms with E-state index in [1.54, 1.807) is 43.5 Å². The second-order valence-corrected chi connectivity index (χ2v) is 11.0. The molecule has 0 unspecified atom stereocenters. The smallest absolute Gasteiger partial charge is 0.338 e. The minimum absolute atomic E-state index is 0.0606. The van der Waals surface area contributed by atoms with Gasteiger partial charge >= 0.3 is 5.97 Å². The number of nitrogens with zero attached hydrogens (tertiary/aromatic N) is 2. The number of thiazole rings is 1. The van der Waals surface area contributed by atoms with Crippen molar-refractivity contribution in [3.63, 3.8) is 0 Å². The predicted molar refractivity (Wildman–Crippen MR) is 155 cm³/mol. The average molecular weight is 649 g/mol. The minimum Gasteiger partial charge on any atom is -0.504 e. The van der Waals surface area contributed by atoms with Gasteiger partial charge in [0.05, 0.1) is 44.7 Å². The number of aromatic hydroxyl groups is 1. The Morgan fingerprint density at radius 2 is 1.87 bits per heavy atom. The zero-order valence-corrected chi connectivity index (χ0v) is 24.8. The van der Waals surface area contributed by atoms with Gasteiger partial charge in [0.2, 0.25) is 0 Å². The topological polar surface area (TPSA) is 99.4 Å². The molecule has 1 aliphatic heterocycles. The summed E-state index contributed by atoms with van der Waals surface area (Å²) < 4.78 is 19.3. The number of rotatable bonds is 8. The van der Waals surface area contributed by atoms with E-state index in [4.69, 9.17) is 14.2 Å². The molecular formula is C28H29IN2O6S. The van der Waals surface area contributed by atoms with Crippen molar-refractivity contribution in [2.45, 2.75) is 46.8 Å². The highest BCUT2D eigenvalue weighted by molar-refractivity contribution is 14.1. The van der Waals surface area contributed by atoms with Crippen LogP contribution in [0.1, 0.15) is 51.8 Å². The molecule has 0 radical (unpaired) electrons. The number of phenols is 1. The van der Waals surface area contributed by atoms with Crippen molar-refractivity contribution in [1.29, 1.82) is 0 Å². The second kappa shape index (κ2) is 11.7. The maximum absolute atomic E-state index is 13.8. The van der Waals surface area contributed by atoms with Crippen molar-refractivity contribution < 1.29 is 24.1 Å². The third kappa shape index (κ3) is 5.65. The highest BCUT2D eigenvalue weighted by Crippen LogP contribution is 2.34. The number of aromatic nitrogens is 1. The number of esters is 1. The van der Waals surface area contributed by atoms with Gasteiger partial charge in [0, 0.05) is 0 Å². The molecule has 4 rings (SSSR count). The first kappa shape index (κ1) is 27.9. The zero-order valence-electron chi connectivity index (χ0n) is 21.8. The van der Waals surface area contributed by atoms with Crippen LogP contribution in [0, 0.1) is 3.57 Å². The third-order valence-corrected chi connectivity index (χ3v) is 7.54. The highest BCUT2D eigenvalue weighted by atomic mass is 127. The summed E-state index contributed by atoms with van der Waals surface area (Å²) in [5.74, 6) is 0.595. The Labute approximate surface area is 238 Å². The first-order valence-corrected chi connectivity index (χ1v) is 14.2. The summed E-state index contributed by atoms with van der Waals surface area (Å²) in [4.78, 5) is 32.2. The molecule has 0 amide bonds. The molecule has 3 aromatic rings. The van der Waals surface area contributed by atoms with Crippen LogP contribution in [0.2, 0.25) is 0 Å². The molecule has 1 N–H and O–H groups in total. The van der Waals surface area contributed by atoms with Gasteiger partial charge in [0.1, 0.15) is 5.75 Å². The van der Waals surface area contributed by atoms with Crippen LogP contribution in [0.3, 0.4) is 0 Å². The van der Waals surface area contributed by atoms with E-state index in [1.165, 1.54) is 11.3 Å². The van der Waals surface area contributed by atoms with Crippen LogP contribution in [0.25, 0.3) is 6.08 Å². The second-order valence-electron chi connectivity index (χ2n) is 8.82. The van der Waals surface area contributed by atoms with Crippen LogP contribution >= 0.6 is 33.9 Å². The maximum atomic E-state index is 13.8. The van der Waals surface area contributed by atoms with Crippen LogP contribution in [0.15, 0.2) is 57.5 Å². The number of phenolic OH excluding ortho intramolecular Hbond substituents is 1. The summed E-state index contributed by atoms with van der Waals surface area (Å²) >= 11 is 3.27. The summed E-state index contributed by atoms with van der Waals surface area (Å²) in [6.45, 7) is 9.99. The van der Waals surface area contributed by atoms with Crippen molar-refractivity contribution in [3.05, 3.63) is 82.1 Å². The number of carbonyl (C=O) groups is 1. The summed E-state index contributed by atoms with van der Waals surface area (Å²) in [6.07, 6.45) is 1.42. The molecule has 38 heavy (non-hydrogen) atoms. The predicted octanol–water partition coefficient (Wildman–Crippen LogP) is 4.29. The maximum Gasteiger partial charge on any atom is 0.338 e. The Hall–Kier alpha value is -3.12. The molecular weight excluding hydrogens is 619 g/mol. The normalized spacial score (nSPS) is 15.3. The molecule has 0 aliphatic carbocycles. The van der Waals surface area contributed by atoms with E-state index in [9.17, 15) is 14.7 Å². The first-order chi connectivity index (χ1) is 18.1. The average Bonchev–Trinajstić information content (AvgIpc) is 3.16. The fourth-order valence-corrected chi connectivity index (χ4v) is 5.85. The van der Waals surface area contributed by atoms with Crippen molar-refractivity contribution in [2.24, 2.45) is 4.99 Å². The van der Waals surface area contributed by atoms with Crippen LogP contribution in [-0.4, -0.2) is 35.0 Å². The number of allylic oxidation sites excluding steroid dienone is 1. The lowest BCUT2D eigenvalue weighted by Gasteiger charge is -2.25. The quantitative estimate of drug-likeness (QED) is 0.289. The fourth-order valence-electron chi connectivity index (χ4n) is 4.18. The summed E-state index contributed by atoms with van der Waals surface area (Å²) in [5, 5.41) is 10.3. The van der Waals surface area contributed by atoms with Gasteiger partial charge in [-0.05, 0) is 98.7 Å². The van der Waals surface area contributed by atoms with Gasteiger partial charge in [-0.25, -0.2) is 9.79 Å². The summed E-state index contributed by atoms with van der Waals surface area (Å²) in [5.41, 5.74) is 1.98. The number of benzene rings is 2. The number of fused-ring (bicyclic) bond motifs is 1. The number of hydrogen-bond acceptors (Lipinski definition) is 8. The van der Waals surface area contributed by atoms with Gasteiger partial charge in [-0.2, -0.15) is 0 Å². The summed E-state index contributed by atoms with van der Waals surface area (Å²) in [7, 11) is 0. The molecule has 0 saturated carbocycles. The van der Waals surface area contributed by atoms with Gasteiger partial charge < -0.3 is 19.3 Å². The molecule has 10 heteroatoms. The number of ether oxygens (including phenoxy) is 3. The minimum atomic E-state index is -0.714. The standard InChI is InChI=1S/C28H29IN2O6S/c1-6-35-19-10-8-18(9-11-19)24-23(27(34)37-15(3)4)16(5)30-28-31(24)26(33)22(38-28)14-17-12-20(29)25(32)21(13-17)36-7-2/h8-15,24,32H,6-7H2,1-5H3/b22-14+/t24-/m1/s1. The molecule has 1 atom stereocenters. The van der Waals surface area contributed by atoms with E-state index in [-0.39, 0.29) is 17.4 Å². The van der Waals surface area contributed by atoms with Gasteiger partial charge in [-0.15, -0.1) is 0 Å². The molecule has 2 aromatic carbocycles.